The topological polar surface area (TPSA) is 114 Å². The normalized spacial score (nSPS) is 13.7. The van der Waals surface area contributed by atoms with Crippen molar-refractivity contribution in [3.63, 3.8) is 0 Å². The molecule has 2 atom stereocenters. The molecule has 0 aliphatic heterocycles. The van der Waals surface area contributed by atoms with Crippen molar-refractivity contribution in [2.45, 2.75) is 20.0 Å². The summed E-state index contributed by atoms with van der Waals surface area (Å²) in [6.45, 7) is 4.15. The maximum absolute atomic E-state index is 14.0. The van der Waals surface area contributed by atoms with E-state index in [2.05, 4.69) is 31.2 Å². The maximum Gasteiger partial charge on any atom is 0.260 e. The fourth-order valence-electron chi connectivity index (χ4n) is 3.28. The summed E-state index contributed by atoms with van der Waals surface area (Å²) in [6.07, 6.45) is 2.02. The lowest BCUT2D eigenvalue weighted by Gasteiger charge is -2.19. The number of hydrogen-bond donors (Lipinski definition) is 3. The minimum Gasteiger partial charge on any atom is -0.479 e. The summed E-state index contributed by atoms with van der Waals surface area (Å²) < 4.78 is 39.6. The number of rotatable bonds is 10. The number of fused-ring (bicyclic) bond motifs is 1. The van der Waals surface area contributed by atoms with E-state index < -0.39 is 21.6 Å². The molecule has 34 heavy (non-hydrogen) atoms. The quantitative estimate of drug-likeness (QED) is 0.296. The lowest BCUT2D eigenvalue weighted by Crippen LogP contribution is -2.38. The molecule has 9 nitrogen and oxygen atoms in total. The number of aromatic nitrogens is 2. The van der Waals surface area contributed by atoms with Crippen molar-refractivity contribution in [3.8, 4) is 5.75 Å². The second-order valence-corrected chi connectivity index (χ2v) is 10.0. The van der Waals surface area contributed by atoms with Gasteiger partial charge in [-0.2, -0.15) is 0 Å². The largest absolute Gasteiger partial charge is 0.479 e. The highest BCUT2D eigenvalue weighted by molar-refractivity contribution is 8.00. The fourth-order valence-corrected chi connectivity index (χ4v) is 3.90. The molecule has 0 radical (unpaired) electrons. The van der Waals surface area contributed by atoms with Gasteiger partial charge in [0, 0.05) is 46.8 Å². The van der Waals surface area contributed by atoms with Gasteiger partial charge in [-0.1, -0.05) is 0 Å². The van der Waals surface area contributed by atoms with Crippen molar-refractivity contribution in [3.05, 3.63) is 48.0 Å². The Morgan fingerprint density at radius 3 is 2.74 bits per heavy atom. The maximum atomic E-state index is 14.0. The summed E-state index contributed by atoms with van der Waals surface area (Å²) in [4.78, 5) is 20.9. The summed E-state index contributed by atoms with van der Waals surface area (Å²) in [7, 11) is -0.921. The van der Waals surface area contributed by atoms with E-state index in [-0.39, 0.29) is 11.7 Å². The predicted molar refractivity (Wildman–Crippen MR) is 134 cm³/mol. The second kappa shape index (κ2) is 10.7. The monoisotopic (exact) mass is 489 g/mol. The molecule has 3 aromatic rings. The Bertz CT molecular complexity index is 1300. The molecule has 3 N–H and O–H groups in total. The summed E-state index contributed by atoms with van der Waals surface area (Å²) in [6, 6.07) is 7.56. The molecule has 1 amide bonds. The number of amides is 1. The van der Waals surface area contributed by atoms with Crippen molar-refractivity contribution < 1.29 is 22.9 Å². The van der Waals surface area contributed by atoms with Gasteiger partial charge in [0.15, 0.2) is 6.10 Å². The summed E-state index contributed by atoms with van der Waals surface area (Å²) in [5, 5.41) is 6.57. The number of hydrogen-bond acceptors (Lipinski definition) is 7. The van der Waals surface area contributed by atoms with Gasteiger partial charge in [0.2, 0.25) is 0 Å². The molecule has 0 saturated heterocycles. The Labute approximate surface area is 198 Å². The molecule has 0 saturated carbocycles. The first-order valence-corrected chi connectivity index (χ1v) is 12.6. The van der Waals surface area contributed by atoms with E-state index in [1.165, 1.54) is 37.9 Å². The van der Waals surface area contributed by atoms with Crippen molar-refractivity contribution >= 4 is 49.6 Å². The first-order chi connectivity index (χ1) is 16.1. The smallest absolute Gasteiger partial charge is 0.260 e. The van der Waals surface area contributed by atoms with Crippen LogP contribution < -0.4 is 20.1 Å². The third-order valence-corrected chi connectivity index (χ3v) is 5.41. The van der Waals surface area contributed by atoms with Crippen LogP contribution in [-0.4, -0.2) is 58.6 Å². The van der Waals surface area contributed by atoms with Gasteiger partial charge < -0.3 is 24.8 Å². The van der Waals surface area contributed by atoms with Crippen LogP contribution in [0, 0.1) is 12.7 Å². The van der Waals surface area contributed by atoms with Crippen LogP contribution in [0.5, 0.6) is 5.75 Å². The zero-order chi connectivity index (χ0) is 24.9. The predicted octanol–water partition coefficient (Wildman–Crippen LogP) is 3.02. The van der Waals surface area contributed by atoms with Gasteiger partial charge in [-0.25, -0.2) is 18.6 Å². The second-order valence-electron chi connectivity index (χ2n) is 7.83. The Hall–Kier alpha value is -3.44. The van der Waals surface area contributed by atoms with E-state index in [0.29, 0.717) is 35.9 Å². The Balaban J connectivity index is 1.91. The molecule has 0 fully saturated rings. The van der Waals surface area contributed by atoms with E-state index in [4.69, 9.17) is 9.47 Å². The number of benzene rings is 2. The number of aryl methyl sites for hydroxylation is 1. The van der Waals surface area contributed by atoms with Crippen LogP contribution in [0.1, 0.15) is 12.5 Å². The van der Waals surface area contributed by atoms with Gasteiger partial charge in [-0.05, 0) is 49.5 Å². The standard InChI is InChI=1S/C23H28FN5O4S/c1-14-10-17(29-34(4,5)31)12-19-21(14)22(27-13-26-19)28-18-7-6-16(24)11-20(18)33-15(2)23(30)25-8-9-32-3/h6-7,10-13,15H,4,8-9H2,1-3,5H3,(H,25,30)(H,29,31)(H,26,27,28)/t15-,34?/m1/s1. The molecule has 1 unspecified atom stereocenters. The highest BCUT2D eigenvalue weighted by Crippen LogP contribution is 2.33. The Morgan fingerprint density at radius 2 is 2.03 bits per heavy atom. The van der Waals surface area contributed by atoms with Crippen molar-refractivity contribution in [2.24, 2.45) is 0 Å². The molecular weight excluding hydrogens is 461 g/mol. The number of carbonyl (C=O) groups excluding carboxylic acids is 1. The highest BCUT2D eigenvalue weighted by atomic mass is 32.2. The first-order valence-electron chi connectivity index (χ1n) is 10.4. The van der Waals surface area contributed by atoms with Crippen LogP contribution in [0.2, 0.25) is 0 Å². The molecule has 182 valence electrons. The molecule has 0 bridgehead atoms. The minimum absolute atomic E-state index is 0.153. The number of carbonyl (C=O) groups is 1. The number of nitrogens with zero attached hydrogens (tertiary/aromatic N) is 2. The van der Waals surface area contributed by atoms with Crippen molar-refractivity contribution in [1.29, 1.82) is 0 Å². The first kappa shape index (κ1) is 25.2. The summed E-state index contributed by atoms with van der Waals surface area (Å²) in [5.74, 6) is 3.37. The lowest BCUT2D eigenvalue weighted by atomic mass is 10.1. The molecule has 0 spiro atoms. The van der Waals surface area contributed by atoms with Gasteiger partial charge in [-0.3, -0.25) is 4.79 Å². The van der Waals surface area contributed by atoms with E-state index in [1.54, 1.807) is 13.0 Å². The highest BCUT2D eigenvalue weighted by Gasteiger charge is 2.18. The average Bonchev–Trinajstić information content (AvgIpc) is 2.74. The molecule has 0 aliphatic carbocycles. The van der Waals surface area contributed by atoms with Crippen LogP contribution in [-0.2, 0) is 19.2 Å². The summed E-state index contributed by atoms with van der Waals surface area (Å²) >= 11 is 0. The molecule has 11 heteroatoms. The number of methoxy groups -OCH3 is 1. The number of ether oxygens (including phenoxy) is 2. The minimum atomic E-state index is -2.46. The van der Waals surface area contributed by atoms with Gasteiger partial charge in [0.25, 0.3) is 5.91 Å². The molecule has 2 aromatic carbocycles. The van der Waals surface area contributed by atoms with Gasteiger partial charge in [0.05, 0.1) is 17.8 Å². The fraction of sp³-hybridized carbons (Fsp3) is 0.304. The molecule has 1 aromatic heterocycles. The van der Waals surface area contributed by atoms with E-state index in [9.17, 15) is 13.4 Å². The molecule has 1 heterocycles. The third kappa shape index (κ3) is 6.55. The Kier molecular flexibility index (Phi) is 7.90. The number of nitrogens with one attached hydrogen (secondary N) is 3. The Morgan fingerprint density at radius 1 is 1.26 bits per heavy atom. The SMILES string of the molecule is C=S(C)(=O)Nc1cc(C)c2c(Nc3ccc(F)cc3O[C@H](C)C(=O)NCCOC)ncnc2c1. The molecule has 3 rings (SSSR count). The van der Waals surface area contributed by atoms with Crippen LogP contribution >= 0.6 is 0 Å². The van der Waals surface area contributed by atoms with Crippen molar-refractivity contribution in [1.82, 2.24) is 15.3 Å². The van der Waals surface area contributed by atoms with E-state index >= 15 is 0 Å². The average molecular weight is 490 g/mol. The van der Waals surface area contributed by atoms with E-state index in [0.717, 1.165) is 10.9 Å². The van der Waals surface area contributed by atoms with Crippen molar-refractivity contribution in [2.75, 3.05) is 36.6 Å². The zero-order valence-electron chi connectivity index (χ0n) is 19.5. The van der Waals surface area contributed by atoms with Crippen LogP contribution in [0.25, 0.3) is 10.9 Å². The number of anilines is 3. The van der Waals surface area contributed by atoms with E-state index in [1.807, 2.05) is 13.0 Å². The summed E-state index contributed by atoms with van der Waals surface area (Å²) in [5.41, 5.74) is 2.48. The van der Waals surface area contributed by atoms with Gasteiger partial charge >= 0.3 is 0 Å². The third-order valence-electron chi connectivity index (χ3n) is 4.74. The number of halogens is 1. The van der Waals surface area contributed by atoms with Gasteiger partial charge in [0.1, 0.15) is 23.7 Å². The van der Waals surface area contributed by atoms with Crippen LogP contribution in [0.15, 0.2) is 36.7 Å². The molecular formula is C23H28FN5O4S. The zero-order valence-corrected chi connectivity index (χ0v) is 20.3. The van der Waals surface area contributed by atoms with Crippen LogP contribution in [0.4, 0.5) is 21.6 Å². The molecule has 0 aliphatic rings. The van der Waals surface area contributed by atoms with Gasteiger partial charge in [-0.15, -0.1) is 0 Å². The lowest BCUT2D eigenvalue weighted by molar-refractivity contribution is -0.127. The van der Waals surface area contributed by atoms with Crippen LogP contribution in [0.3, 0.4) is 0 Å².